The molecule has 0 saturated carbocycles. The number of fused-ring (bicyclic) bond motifs is 7. The van der Waals surface area contributed by atoms with Gasteiger partial charge in [-0.3, -0.25) is 4.90 Å². The lowest BCUT2D eigenvalue weighted by molar-refractivity contribution is 1.02. The van der Waals surface area contributed by atoms with Crippen molar-refractivity contribution in [2.45, 2.75) is 0 Å². The molecule has 0 aliphatic rings. The minimum absolute atomic E-state index is 0.531. The molecule has 0 spiro atoms. The molecule has 6 nitrogen and oxygen atoms in total. The zero-order valence-electron chi connectivity index (χ0n) is 30.8. The van der Waals surface area contributed by atoms with E-state index in [1.165, 1.54) is 0 Å². The van der Waals surface area contributed by atoms with Gasteiger partial charge in [0.2, 0.25) is 5.95 Å². The molecule has 0 aliphatic heterocycles. The summed E-state index contributed by atoms with van der Waals surface area (Å²) in [5, 5.41) is 4.45. The summed E-state index contributed by atoms with van der Waals surface area (Å²) in [4.78, 5) is 18.2. The molecule has 0 atom stereocenters. The number of rotatable bonds is 7. The average Bonchev–Trinajstić information content (AvgIpc) is 3.81. The molecule has 0 aliphatic carbocycles. The van der Waals surface area contributed by atoms with Crippen LogP contribution in [0.3, 0.4) is 0 Å². The Morgan fingerprint density at radius 1 is 0.368 bits per heavy atom. The summed E-state index contributed by atoms with van der Waals surface area (Å²) >= 11 is 0. The van der Waals surface area contributed by atoms with Crippen molar-refractivity contribution in [2.75, 3.05) is 4.90 Å². The van der Waals surface area contributed by atoms with Crippen LogP contribution >= 0.6 is 0 Å². The molecular formula is C51H34N6. The van der Waals surface area contributed by atoms with Gasteiger partial charge in [-0.2, -0.15) is 9.97 Å². The number of anilines is 3. The van der Waals surface area contributed by atoms with Crippen LogP contribution in [0.4, 0.5) is 17.3 Å². The molecule has 0 bridgehead atoms. The van der Waals surface area contributed by atoms with E-state index in [4.69, 9.17) is 15.0 Å². The highest BCUT2D eigenvalue weighted by Crippen LogP contribution is 2.46. The van der Waals surface area contributed by atoms with Gasteiger partial charge in [0.05, 0.1) is 22.1 Å². The standard InChI is InChI=1S/C51H34N6/c1-6-20-35(21-7-1)49-52-50(54-51(53-49)55(36-22-8-2-9-23-36)37-24-10-3-11-25-37)43-34-42-40-30-16-18-32-44(40)56(38-26-12-4-13-27-38)47(42)48-46(43)41-31-17-19-33-45(41)57(48)39-28-14-5-15-29-39/h1-34H. The number of hydrogen-bond donors (Lipinski definition) is 0. The smallest absolute Gasteiger partial charge is 0.238 e. The molecule has 0 N–H and O–H groups in total. The first kappa shape index (κ1) is 32.6. The molecule has 0 unspecified atom stereocenters. The molecule has 268 valence electrons. The predicted molar refractivity (Wildman–Crippen MR) is 234 cm³/mol. The summed E-state index contributed by atoms with van der Waals surface area (Å²) in [7, 11) is 0. The maximum atomic E-state index is 5.46. The molecule has 0 fully saturated rings. The van der Waals surface area contributed by atoms with Gasteiger partial charge in [-0.25, -0.2) is 4.98 Å². The van der Waals surface area contributed by atoms with Crippen LogP contribution in [0.2, 0.25) is 0 Å². The van der Waals surface area contributed by atoms with E-state index in [-0.39, 0.29) is 0 Å². The summed E-state index contributed by atoms with van der Waals surface area (Å²) in [6, 6.07) is 71.8. The first-order chi connectivity index (χ1) is 28.3. The number of benzene rings is 8. The number of hydrogen-bond acceptors (Lipinski definition) is 4. The van der Waals surface area contributed by atoms with E-state index in [1.54, 1.807) is 0 Å². The van der Waals surface area contributed by atoms with E-state index in [9.17, 15) is 0 Å². The highest BCUT2D eigenvalue weighted by molar-refractivity contribution is 6.27. The highest BCUT2D eigenvalue weighted by atomic mass is 15.3. The van der Waals surface area contributed by atoms with E-state index in [2.05, 4.69) is 166 Å². The minimum Gasteiger partial charge on any atom is -0.307 e. The fourth-order valence-corrected chi connectivity index (χ4v) is 8.30. The monoisotopic (exact) mass is 730 g/mol. The van der Waals surface area contributed by atoms with Gasteiger partial charge in [0.1, 0.15) is 0 Å². The van der Waals surface area contributed by atoms with Crippen LogP contribution in [0, 0.1) is 0 Å². The molecule has 3 aromatic heterocycles. The topological polar surface area (TPSA) is 51.8 Å². The Kier molecular flexibility index (Phi) is 7.71. The third-order valence-corrected chi connectivity index (χ3v) is 10.7. The van der Waals surface area contributed by atoms with Gasteiger partial charge in [0.15, 0.2) is 11.6 Å². The maximum absolute atomic E-state index is 5.46. The minimum atomic E-state index is 0.531. The van der Waals surface area contributed by atoms with Gasteiger partial charge < -0.3 is 9.13 Å². The lowest BCUT2D eigenvalue weighted by Crippen LogP contribution is -2.15. The van der Waals surface area contributed by atoms with Crippen LogP contribution in [-0.4, -0.2) is 24.1 Å². The van der Waals surface area contributed by atoms with Crippen LogP contribution in [0.1, 0.15) is 0 Å². The lowest BCUT2D eigenvalue weighted by atomic mass is 10.0. The van der Waals surface area contributed by atoms with E-state index in [0.29, 0.717) is 17.6 Å². The zero-order valence-corrected chi connectivity index (χ0v) is 30.8. The third kappa shape index (κ3) is 5.38. The number of para-hydroxylation sites is 6. The Hall–Kier alpha value is -7.83. The summed E-state index contributed by atoms with van der Waals surface area (Å²) in [6.45, 7) is 0. The Morgan fingerprint density at radius 2 is 0.825 bits per heavy atom. The van der Waals surface area contributed by atoms with Gasteiger partial charge in [-0.1, -0.05) is 140 Å². The van der Waals surface area contributed by atoms with Crippen molar-refractivity contribution < 1.29 is 0 Å². The second-order valence-corrected chi connectivity index (χ2v) is 14.1. The zero-order chi connectivity index (χ0) is 37.7. The second kappa shape index (κ2) is 13.5. The predicted octanol–water partition coefficient (Wildman–Crippen LogP) is 12.9. The molecular weight excluding hydrogens is 697 g/mol. The SMILES string of the molecule is c1ccc(-c2nc(-c3cc4c5ccccc5n(-c5ccccc5)c4c4c3c3ccccc3n4-c3ccccc3)nc(N(c3ccccc3)c3ccccc3)n2)cc1. The molecule has 57 heavy (non-hydrogen) atoms. The van der Waals surface area contributed by atoms with Crippen molar-refractivity contribution in [3.8, 4) is 34.2 Å². The molecule has 3 heterocycles. The fourth-order valence-electron chi connectivity index (χ4n) is 8.30. The van der Waals surface area contributed by atoms with Crippen LogP contribution in [0.25, 0.3) is 77.8 Å². The van der Waals surface area contributed by atoms with Crippen molar-refractivity contribution >= 4 is 60.9 Å². The van der Waals surface area contributed by atoms with Gasteiger partial charge >= 0.3 is 0 Å². The van der Waals surface area contributed by atoms with Gasteiger partial charge in [-0.05, 0) is 66.7 Å². The van der Waals surface area contributed by atoms with E-state index in [1.807, 2.05) is 54.6 Å². The Balaban J connectivity index is 1.33. The maximum Gasteiger partial charge on any atom is 0.238 e. The van der Waals surface area contributed by atoms with E-state index in [0.717, 1.165) is 77.5 Å². The van der Waals surface area contributed by atoms with Crippen LogP contribution in [-0.2, 0) is 0 Å². The molecule has 11 rings (SSSR count). The highest BCUT2D eigenvalue weighted by Gasteiger charge is 2.27. The van der Waals surface area contributed by atoms with Crippen LogP contribution in [0.5, 0.6) is 0 Å². The fraction of sp³-hybridized carbons (Fsp3) is 0. The molecule has 0 radical (unpaired) electrons. The van der Waals surface area contributed by atoms with Gasteiger partial charge in [0.25, 0.3) is 0 Å². The Morgan fingerprint density at radius 3 is 1.42 bits per heavy atom. The third-order valence-electron chi connectivity index (χ3n) is 10.7. The number of nitrogens with zero attached hydrogens (tertiary/aromatic N) is 6. The van der Waals surface area contributed by atoms with E-state index < -0.39 is 0 Å². The first-order valence-corrected chi connectivity index (χ1v) is 19.1. The Bertz CT molecular complexity index is 3170. The number of aromatic nitrogens is 5. The summed E-state index contributed by atoms with van der Waals surface area (Å²) in [6.07, 6.45) is 0. The molecule has 11 aromatic rings. The van der Waals surface area contributed by atoms with Crippen molar-refractivity contribution in [1.82, 2.24) is 24.1 Å². The molecule has 0 amide bonds. The first-order valence-electron chi connectivity index (χ1n) is 19.1. The van der Waals surface area contributed by atoms with Crippen molar-refractivity contribution in [2.24, 2.45) is 0 Å². The van der Waals surface area contributed by atoms with Crippen molar-refractivity contribution in [3.63, 3.8) is 0 Å². The quantitative estimate of drug-likeness (QED) is 0.164. The normalized spacial score (nSPS) is 11.5. The average molecular weight is 731 g/mol. The largest absolute Gasteiger partial charge is 0.307 e. The Labute approximate surface area is 329 Å². The summed E-state index contributed by atoms with van der Waals surface area (Å²) in [5.41, 5.74) is 10.3. The van der Waals surface area contributed by atoms with Crippen LogP contribution in [0.15, 0.2) is 206 Å². The van der Waals surface area contributed by atoms with E-state index >= 15 is 0 Å². The lowest BCUT2D eigenvalue weighted by Gasteiger charge is -2.24. The van der Waals surface area contributed by atoms with Crippen LogP contribution < -0.4 is 4.90 Å². The summed E-state index contributed by atoms with van der Waals surface area (Å²) in [5.74, 6) is 1.72. The second-order valence-electron chi connectivity index (χ2n) is 14.1. The van der Waals surface area contributed by atoms with Crippen molar-refractivity contribution in [1.29, 1.82) is 0 Å². The molecule has 0 saturated heterocycles. The molecule has 8 aromatic carbocycles. The van der Waals surface area contributed by atoms with Gasteiger partial charge in [-0.15, -0.1) is 0 Å². The summed E-state index contributed by atoms with van der Waals surface area (Å²) < 4.78 is 4.82. The molecule has 6 heteroatoms. The van der Waals surface area contributed by atoms with Gasteiger partial charge in [0, 0.05) is 55.4 Å². The van der Waals surface area contributed by atoms with Crippen molar-refractivity contribution in [3.05, 3.63) is 206 Å².